The number of benzene rings is 4. The number of phenolic OH excluding ortho intramolecular Hbond substituents is 1. The summed E-state index contributed by atoms with van der Waals surface area (Å²) in [6.07, 6.45) is 1.67. The number of rotatable bonds is 1. The fourth-order valence-electron chi connectivity index (χ4n) is 5.33. The van der Waals surface area contributed by atoms with E-state index in [4.69, 9.17) is 4.98 Å². The molecule has 0 fully saturated rings. The van der Waals surface area contributed by atoms with Gasteiger partial charge in [-0.3, -0.25) is 9.97 Å². The SMILES string of the molecule is CC1(C)c2ccccc2-c2c(-c3[c-]cccc3)nc3ccccc3c21.Oc1cccc2cccnc12.[Ir]. The van der Waals surface area contributed by atoms with Crippen molar-refractivity contribution in [3.8, 4) is 28.1 Å². The number of para-hydroxylation sites is 2. The third-order valence-electron chi connectivity index (χ3n) is 6.96. The molecule has 4 aromatic carbocycles. The molecule has 2 heterocycles. The van der Waals surface area contributed by atoms with Gasteiger partial charge in [0.05, 0.1) is 5.52 Å². The van der Waals surface area contributed by atoms with E-state index in [1.54, 1.807) is 18.3 Å². The summed E-state index contributed by atoms with van der Waals surface area (Å²) in [6.45, 7) is 4.64. The van der Waals surface area contributed by atoms with E-state index >= 15 is 0 Å². The molecule has 0 aliphatic heterocycles. The molecule has 4 heteroatoms. The van der Waals surface area contributed by atoms with Gasteiger partial charge in [0.1, 0.15) is 11.3 Å². The number of hydrogen-bond acceptors (Lipinski definition) is 3. The summed E-state index contributed by atoms with van der Waals surface area (Å²) < 4.78 is 0. The molecule has 0 saturated heterocycles. The molecule has 6 aromatic rings. The normalized spacial score (nSPS) is 12.7. The second kappa shape index (κ2) is 9.89. The minimum Gasteiger partial charge on any atom is -0.506 e. The number of aromatic nitrogens is 2. The first-order valence-corrected chi connectivity index (χ1v) is 12.1. The molecular weight excluding hydrogens is 633 g/mol. The summed E-state index contributed by atoms with van der Waals surface area (Å²) in [5, 5.41) is 11.5. The van der Waals surface area contributed by atoms with Gasteiger partial charge in [0.15, 0.2) is 0 Å². The number of aromatic hydroxyl groups is 1. The summed E-state index contributed by atoms with van der Waals surface area (Å²) >= 11 is 0. The van der Waals surface area contributed by atoms with E-state index in [1.807, 2.05) is 30.3 Å². The van der Waals surface area contributed by atoms with Crippen molar-refractivity contribution in [3.05, 3.63) is 127 Å². The van der Waals surface area contributed by atoms with Crippen molar-refractivity contribution in [3.63, 3.8) is 0 Å². The van der Waals surface area contributed by atoms with Crippen LogP contribution in [-0.4, -0.2) is 15.1 Å². The summed E-state index contributed by atoms with van der Waals surface area (Å²) in [7, 11) is 0. The average Bonchev–Trinajstić information content (AvgIpc) is 3.17. The summed E-state index contributed by atoms with van der Waals surface area (Å²) in [5.74, 6) is 0.239. The molecule has 3 nitrogen and oxygen atoms in total. The maximum Gasteiger partial charge on any atom is 0.141 e. The zero-order valence-corrected chi connectivity index (χ0v) is 23.0. The van der Waals surface area contributed by atoms with Crippen LogP contribution in [0.4, 0.5) is 0 Å². The monoisotopic (exact) mass is 658 g/mol. The Morgan fingerprint density at radius 3 is 2.35 bits per heavy atom. The Balaban J connectivity index is 0.000000197. The van der Waals surface area contributed by atoms with Crippen LogP contribution >= 0.6 is 0 Å². The summed E-state index contributed by atoms with van der Waals surface area (Å²) in [4.78, 5) is 9.08. The third kappa shape index (κ3) is 4.23. The predicted molar refractivity (Wildman–Crippen MR) is 147 cm³/mol. The average molecular weight is 658 g/mol. The quantitative estimate of drug-likeness (QED) is 0.183. The Morgan fingerprint density at radius 1 is 0.784 bits per heavy atom. The molecule has 0 atom stereocenters. The molecule has 1 N–H and O–H groups in total. The Morgan fingerprint density at radius 2 is 1.54 bits per heavy atom. The third-order valence-corrected chi connectivity index (χ3v) is 6.96. The standard InChI is InChI=1S/C24H18N.C9H7NO.Ir/c1-24(2)19-14-8-6-12-17(19)21-22(24)18-13-7-9-15-20(18)25-23(21)16-10-4-3-5-11-16;11-8-5-1-3-7-4-2-6-10-9(7)8;/h3-10,12-15H,1-2H3;1-6,11H;/q-1;;. The van der Waals surface area contributed by atoms with E-state index in [0.717, 1.165) is 22.2 Å². The zero-order valence-electron chi connectivity index (χ0n) is 20.6. The van der Waals surface area contributed by atoms with Gasteiger partial charge in [-0.1, -0.05) is 74.5 Å². The van der Waals surface area contributed by atoms with Gasteiger partial charge in [-0.05, 0) is 46.1 Å². The fourth-order valence-corrected chi connectivity index (χ4v) is 5.33. The molecule has 0 bridgehead atoms. The van der Waals surface area contributed by atoms with Gasteiger partial charge < -0.3 is 5.11 Å². The second-order valence-corrected chi connectivity index (χ2v) is 9.53. The Bertz CT molecular complexity index is 1720. The topological polar surface area (TPSA) is 46.0 Å². The smallest absolute Gasteiger partial charge is 0.141 e. The van der Waals surface area contributed by atoms with Crippen molar-refractivity contribution in [1.29, 1.82) is 0 Å². The van der Waals surface area contributed by atoms with E-state index < -0.39 is 0 Å². The fraction of sp³-hybridized carbons (Fsp3) is 0.0909. The zero-order chi connectivity index (χ0) is 24.7. The largest absolute Gasteiger partial charge is 0.506 e. The van der Waals surface area contributed by atoms with Crippen molar-refractivity contribution in [2.45, 2.75) is 19.3 Å². The molecule has 1 aliphatic rings. The first kappa shape index (κ1) is 24.8. The first-order valence-electron chi connectivity index (χ1n) is 12.1. The molecule has 0 amide bonds. The van der Waals surface area contributed by atoms with E-state index in [-0.39, 0.29) is 31.3 Å². The van der Waals surface area contributed by atoms with Crippen molar-refractivity contribution in [1.82, 2.24) is 9.97 Å². The van der Waals surface area contributed by atoms with E-state index in [2.05, 4.69) is 85.6 Å². The molecule has 2 aromatic heterocycles. The van der Waals surface area contributed by atoms with Crippen molar-refractivity contribution in [2.24, 2.45) is 0 Å². The van der Waals surface area contributed by atoms with Crippen LogP contribution in [0.5, 0.6) is 5.75 Å². The van der Waals surface area contributed by atoms with Crippen LogP contribution in [0.1, 0.15) is 25.0 Å². The minimum atomic E-state index is -0.0437. The van der Waals surface area contributed by atoms with Gasteiger partial charge in [0, 0.05) is 42.5 Å². The Kier molecular flexibility index (Phi) is 6.64. The van der Waals surface area contributed by atoms with Crippen molar-refractivity contribution >= 4 is 21.8 Å². The van der Waals surface area contributed by atoms with Gasteiger partial charge in [0.25, 0.3) is 0 Å². The first-order chi connectivity index (χ1) is 17.6. The number of pyridine rings is 2. The van der Waals surface area contributed by atoms with Crippen LogP contribution in [0.2, 0.25) is 0 Å². The maximum atomic E-state index is 9.31. The molecule has 0 unspecified atom stereocenters. The molecule has 1 aliphatic carbocycles. The van der Waals surface area contributed by atoms with Gasteiger partial charge in [-0.25, -0.2) is 0 Å². The van der Waals surface area contributed by atoms with Crippen LogP contribution in [-0.2, 0) is 25.5 Å². The number of hydrogen-bond donors (Lipinski definition) is 1. The Labute approximate surface area is 230 Å². The van der Waals surface area contributed by atoms with Gasteiger partial charge >= 0.3 is 0 Å². The maximum absolute atomic E-state index is 9.31. The molecule has 0 spiro atoms. The van der Waals surface area contributed by atoms with Crippen LogP contribution < -0.4 is 0 Å². The summed E-state index contributed by atoms with van der Waals surface area (Å²) in [6, 6.07) is 37.9. The molecule has 37 heavy (non-hydrogen) atoms. The van der Waals surface area contributed by atoms with Gasteiger partial charge in [-0.15, -0.1) is 35.9 Å². The van der Waals surface area contributed by atoms with Crippen LogP contribution in [0.25, 0.3) is 44.2 Å². The number of phenols is 1. The molecular formula is C33H25IrN2O-. The van der Waals surface area contributed by atoms with Crippen molar-refractivity contribution in [2.75, 3.05) is 0 Å². The molecule has 0 saturated carbocycles. The number of fused-ring (bicyclic) bond motifs is 6. The summed E-state index contributed by atoms with van der Waals surface area (Å²) in [5.41, 5.74) is 9.08. The predicted octanol–water partition coefficient (Wildman–Crippen LogP) is 7.95. The molecule has 1 radical (unpaired) electrons. The minimum absolute atomic E-state index is 0. The van der Waals surface area contributed by atoms with Gasteiger partial charge in [0.2, 0.25) is 0 Å². The number of nitrogens with zero attached hydrogens (tertiary/aromatic N) is 2. The van der Waals surface area contributed by atoms with E-state index in [9.17, 15) is 5.11 Å². The Hall–Kier alpha value is -3.85. The van der Waals surface area contributed by atoms with Crippen molar-refractivity contribution < 1.29 is 25.2 Å². The van der Waals surface area contributed by atoms with Crippen LogP contribution in [0.3, 0.4) is 0 Å². The van der Waals surface area contributed by atoms with E-state index in [1.165, 1.54) is 27.6 Å². The van der Waals surface area contributed by atoms with E-state index in [0.29, 0.717) is 5.52 Å². The van der Waals surface area contributed by atoms with Crippen LogP contribution in [0, 0.1) is 6.07 Å². The molecule has 7 rings (SSSR count). The second-order valence-electron chi connectivity index (χ2n) is 9.53. The van der Waals surface area contributed by atoms with Gasteiger partial charge in [-0.2, -0.15) is 0 Å². The molecule has 183 valence electrons. The van der Waals surface area contributed by atoms with Crippen LogP contribution in [0.15, 0.2) is 109 Å².